The first-order valence-corrected chi connectivity index (χ1v) is 21.5. The Balaban J connectivity index is 1.22. The lowest BCUT2D eigenvalue weighted by Crippen LogP contribution is -2.49. The summed E-state index contributed by atoms with van der Waals surface area (Å²) in [5, 5.41) is 2.26. The summed E-state index contributed by atoms with van der Waals surface area (Å²) in [6.45, 7) is 7.55. The maximum absolute atomic E-state index is 14.6. The van der Waals surface area contributed by atoms with Crippen LogP contribution in [0.2, 0.25) is 0 Å². The second-order valence-corrected chi connectivity index (χ2v) is 19.5. The number of hydrogen-bond donors (Lipinski definition) is 1. The molecular formula is C39H61N3O7S. The number of amides is 2. The number of sulfonamides is 1. The number of hydrogen-bond acceptors (Lipinski definition) is 7. The third-order valence-corrected chi connectivity index (χ3v) is 16.4. The predicted octanol–water partition coefficient (Wildman–Crippen LogP) is 5.37. The van der Waals surface area contributed by atoms with Gasteiger partial charge in [-0.15, -0.1) is 0 Å². The van der Waals surface area contributed by atoms with E-state index in [2.05, 4.69) is 19.2 Å². The molecule has 6 rings (SSSR count). The van der Waals surface area contributed by atoms with Gasteiger partial charge in [0.2, 0.25) is 21.7 Å². The van der Waals surface area contributed by atoms with Crippen molar-refractivity contribution >= 4 is 39.2 Å². The molecule has 3 aliphatic heterocycles. The molecule has 280 valence electrons. The number of ketones is 3. The quantitative estimate of drug-likeness (QED) is 0.317. The fraction of sp³-hybridized carbons (Fsp3) is 0.872. The molecule has 6 atom stereocenters. The van der Waals surface area contributed by atoms with Gasteiger partial charge in [-0.1, -0.05) is 78.6 Å². The molecule has 1 N–H and O–H groups in total. The number of nitrogens with zero attached hydrogens (tertiary/aromatic N) is 2. The zero-order valence-electron chi connectivity index (χ0n) is 30.8. The van der Waals surface area contributed by atoms with Gasteiger partial charge in [0.15, 0.2) is 5.78 Å². The zero-order chi connectivity index (χ0) is 35.8. The molecule has 0 bridgehead atoms. The molecule has 2 amide bonds. The number of Topliss-reactive ketones (excluding diaryl/α,β-unsaturated/α-hetero) is 3. The van der Waals surface area contributed by atoms with Gasteiger partial charge in [-0.2, -0.15) is 0 Å². The Bertz CT molecular complexity index is 1430. The summed E-state index contributed by atoms with van der Waals surface area (Å²) >= 11 is 0. The Kier molecular flexibility index (Phi) is 11.3. The minimum atomic E-state index is -3.49. The monoisotopic (exact) mass is 715 g/mol. The van der Waals surface area contributed by atoms with Gasteiger partial charge in [0.25, 0.3) is 5.91 Å². The topological polar surface area (TPSA) is 138 Å². The standard InChI is InChI=1S/C39H61N3O7S/c1-4-41-21-18-32(50(41,48)49)39(19-12-9-13-20-39)24-29(43)22-27-15-11-8-6-5-7-10-14-26(35(45)36(46)40-28-16-17-28)23-31(44)34-33-30(38(33,2)3)25-42(34)37(27)47/h26-28,30,32-34H,4-25H2,1-3H3,(H,40,46)/t26-,27-,30+,32-,33+,34-/m1/s1. The third-order valence-electron chi connectivity index (χ3n) is 13.7. The minimum Gasteiger partial charge on any atom is -0.347 e. The normalized spacial score (nSPS) is 34.6. The van der Waals surface area contributed by atoms with E-state index in [0.29, 0.717) is 38.9 Å². The van der Waals surface area contributed by atoms with Gasteiger partial charge in [0.1, 0.15) is 5.78 Å². The summed E-state index contributed by atoms with van der Waals surface area (Å²) < 4.78 is 28.8. The van der Waals surface area contributed by atoms with Crippen molar-refractivity contribution in [2.24, 2.45) is 34.5 Å². The molecule has 6 aliphatic rings. The van der Waals surface area contributed by atoms with E-state index in [4.69, 9.17) is 0 Å². The van der Waals surface area contributed by atoms with Crippen LogP contribution in [0, 0.1) is 34.5 Å². The maximum atomic E-state index is 14.6. The highest BCUT2D eigenvalue weighted by Gasteiger charge is 2.69. The molecule has 11 heteroatoms. The van der Waals surface area contributed by atoms with Gasteiger partial charge >= 0.3 is 0 Å². The van der Waals surface area contributed by atoms with Crippen molar-refractivity contribution in [3.05, 3.63) is 0 Å². The van der Waals surface area contributed by atoms with Crippen LogP contribution in [0.25, 0.3) is 0 Å². The highest BCUT2D eigenvalue weighted by atomic mass is 32.2. The average molecular weight is 716 g/mol. The van der Waals surface area contributed by atoms with Gasteiger partial charge in [0.05, 0.1) is 11.3 Å². The number of carbonyl (C=O) groups excluding carboxylic acids is 5. The molecule has 0 aromatic heterocycles. The predicted molar refractivity (Wildman–Crippen MR) is 190 cm³/mol. The van der Waals surface area contributed by atoms with Crippen molar-refractivity contribution < 1.29 is 32.4 Å². The summed E-state index contributed by atoms with van der Waals surface area (Å²) in [6, 6.07) is -0.595. The summed E-state index contributed by atoms with van der Waals surface area (Å²) in [5.41, 5.74) is -0.688. The lowest BCUT2D eigenvalue weighted by atomic mass is 9.67. The summed E-state index contributed by atoms with van der Waals surface area (Å²) in [5.74, 6) is -2.48. The Hall–Kier alpha value is -2.14. The van der Waals surface area contributed by atoms with Crippen LogP contribution in [0.3, 0.4) is 0 Å². The second-order valence-electron chi connectivity index (χ2n) is 17.4. The van der Waals surface area contributed by atoms with Crippen LogP contribution in [0.4, 0.5) is 0 Å². The Labute approximate surface area is 299 Å². The number of carbonyl (C=O) groups is 5. The molecule has 0 unspecified atom stereocenters. The lowest BCUT2D eigenvalue weighted by molar-refractivity contribution is -0.146. The van der Waals surface area contributed by atoms with E-state index in [0.717, 1.165) is 83.5 Å². The van der Waals surface area contributed by atoms with Crippen molar-refractivity contribution in [3.8, 4) is 0 Å². The molecule has 3 heterocycles. The molecule has 10 nitrogen and oxygen atoms in total. The van der Waals surface area contributed by atoms with Crippen LogP contribution >= 0.6 is 0 Å². The molecule has 3 saturated heterocycles. The molecule has 3 saturated carbocycles. The van der Waals surface area contributed by atoms with Crippen LogP contribution in [0.15, 0.2) is 0 Å². The molecule has 0 spiro atoms. The van der Waals surface area contributed by atoms with Crippen LogP contribution in [0.1, 0.15) is 143 Å². The Morgan fingerprint density at radius 3 is 2.14 bits per heavy atom. The van der Waals surface area contributed by atoms with Crippen molar-refractivity contribution in [2.45, 2.75) is 160 Å². The molecule has 0 aromatic rings. The van der Waals surface area contributed by atoms with Crippen molar-refractivity contribution in [1.82, 2.24) is 14.5 Å². The first-order valence-electron chi connectivity index (χ1n) is 20.0. The second kappa shape index (κ2) is 15.1. The molecule has 0 aromatic carbocycles. The smallest absolute Gasteiger partial charge is 0.287 e. The summed E-state index contributed by atoms with van der Waals surface area (Å²) in [7, 11) is -3.49. The average Bonchev–Trinajstić information content (AvgIpc) is 3.87. The van der Waals surface area contributed by atoms with E-state index in [9.17, 15) is 32.4 Å². The van der Waals surface area contributed by atoms with E-state index in [1.54, 1.807) is 9.21 Å². The van der Waals surface area contributed by atoms with Crippen LogP contribution in [-0.4, -0.2) is 83.8 Å². The summed E-state index contributed by atoms with van der Waals surface area (Å²) in [6.07, 6.45) is 13.3. The molecule has 3 aliphatic carbocycles. The lowest BCUT2D eigenvalue weighted by Gasteiger charge is -2.41. The molecule has 0 radical (unpaired) electrons. The van der Waals surface area contributed by atoms with E-state index in [1.165, 1.54) is 0 Å². The van der Waals surface area contributed by atoms with Crippen molar-refractivity contribution in [1.29, 1.82) is 0 Å². The van der Waals surface area contributed by atoms with Crippen LogP contribution in [-0.2, 0) is 34.0 Å². The number of rotatable bonds is 9. The van der Waals surface area contributed by atoms with E-state index in [-0.39, 0.29) is 60.0 Å². The first kappa shape index (κ1) is 37.6. The van der Waals surface area contributed by atoms with Crippen LogP contribution < -0.4 is 5.32 Å². The first-order chi connectivity index (χ1) is 23.8. The molecule has 6 fully saturated rings. The molecule has 50 heavy (non-hydrogen) atoms. The highest BCUT2D eigenvalue weighted by Crippen LogP contribution is 2.65. The Morgan fingerprint density at radius 1 is 0.860 bits per heavy atom. The van der Waals surface area contributed by atoms with Gasteiger partial charge in [-0.3, -0.25) is 24.0 Å². The highest BCUT2D eigenvalue weighted by molar-refractivity contribution is 7.90. The SMILES string of the molecule is CCN1CC[C@H](C2(CC(=O)C[C@H]3CCCCCCCC[C@@H](C(=O)C(=O)NC4CC4)CC(=O)[C@@H]4[C@@H]5[C@H](CN4C3=O)C5(C)C)CCCCC2)S1(=O)=O. The summed E-state index contributed by atoms with van der Waals surface area (Å²) in [4.78, 5) is 70.9. The Morgan fingerprint density at radius 2 is 1.50 bits per heavy atom. The third kappa shape index (κ3) is 7.65. The van der Waals surface area contributed by atoms with Gasteiger partial charge in [0, 0.05) is 56.8 Å². The number of nitrogens with one attached hydrogen (secondary N) is 1. The minimum absolute atomic E-state index is 0.00150. The fourth-order valence-corrected chi connectivity index (χ4v) is 13.0. The van der Waals surface area contributed by atoms with E-state index >= 15 is 0 Å². The zero-order valence-corrected chi connectivity index (χ0v) is 31.6. The van der Waals surface area contributed by atoms with Gasteiger partial charge < -0.3 is 10.2 Å². The number of fused-ring (bicyclic) bond motifs is 3. The van der Waals surface area contributed by atoms with Crippen molar-refractivity contribution in [3.63, 3.8) is 0 Å². The van der Waals surface area contributed by atoms with E-state index < -0.39 is 50.3 Å². The maximum Gasteiger partial charge on any atom is 0.287 e. The van der Waals surface area contributed by atoms with Gasteiger partial charge in [-0.05, 0) is 67.6 Å². The van der Waals surface area contributed by atoms with Crippen LogP contribution in [0.5, 0.6) is 0 Å². The van der Waals surface area contributed by atoms with Crippen molar-refractivity contribution in [2.75, 3.05) is 19.6 Å². The molecular weight excluding hydrogens is 655 g/mol. The fourth-order valence-electron chi connectivity index (χ4n) is 10.6. The van der Waals surface area contributed by atoms with E-state index in [1.807, 2.05) is 6.92 Å². The van der Waals surface area contributed by atoms with Gasteiger partial charge in [-0.25, -0.2) is 12.7 Å². The largest absolute Gasteiger partial charge is 0.347 e. The number of piperidine rings is 1.